The number of piperidine rings is 1. The maximum atomic E-state index is 12.1. The van der Waals surface area contributed by atoms with Gasteiger partial charge in [-0.2, -0.15) is 0 Å². The van der Waals surface area contributed by atoms with Crippen LogP contribution in [0.15, 0.2) is 34.4 Å². The van der Waals surface area contributed by atoms with Crippen molar-refractivity contribution in [3.05, 3.63) is 65.4 Å². The molecule has 0 atom stereocenters. The van der Waals surface area contributed by atoms with Crippen molar-refractivity contribution in [1.29, 1.82) is 0 Å². The van der Waals surface area contributed by atoms with Crippen LogP contribution in [-0.4, -0.2) is 35.7 Å². The van der Waals surface area contributed by atoms with Gasteiger partial charge < -0.3 is 9.64 Å². The fourth-order valence-corrected chi connectivity index (χ4v) is 5.74. The van der Waals surface area contributed by atoms with E-state index in [1.165, 1.54) is 27.8 Å². The maximum Gasteiger partial charge on any atom is 0.409 e. The number of benzene rings is 1. The minimum Gasteiger partial charge on any atom is -0.450 e. The van der Waals surface area contributed by atoms with Gasteiger partial charge in [0.1, 0.15) is 0 Å². The summed E-state index contributed by atoms with van der Waals surface area (Å²) in [4.78, 5) is 18.8. The molecule has 1 aromatic carbocycles. The smallest absolute Gasteiger partial charge is 0.409 e. The summed E-state index contributed by atoms with van der Waals surface area (Å²) in [7, 11) is 0. The third kappa shape index (κ3) is 4.35. The number of hydrogen-bond acceptors (Lipinski definition) is 3. The van der Waals surface area contributed by atoms with E-state index in [2.05, 4.69) is 50.7 Å². The van der Waals surface area contributed by atoms with Gasteiger partial charge in [-0.05, 0) is 84.5 Å². The normalized spacial score (nSPS) is 16.2. The summed E-state index contributed by atoms with van der Waals surface area (Å²) in [5.41, 5.74) is 7.31. The van der Waals surface area contributed by atoms with E-state index in [9.17, 15) is 4.79 Å². The fourth-order valence-electron chi connectivity index (χ4n) is 4.16. The lowest BCUT2D eigenvalue weighted by atomic mass is 9.88. The molecule has 0 bridgehead atoms. The Bertz CT molecular complexity index is 999. The van der Waals surface area contributed by atoms with E-state index in [0.717, 1.165) is 44.4 Å². The molecule has 29 heavy (non-hydrogen) atoms. The Morgan fingerprint density at radius 1 is 1.21 bits per heavy atom. The Balaban J connectivity index is 1.82. The summed E-state index contributed by atoms with van der Waals surface area (Å²) in [6, 6.07) is 6.28. The fraction of sp³-hybridized carbons (Fsp3) is 0.364. The summed E-state index contributed by atoms with van der Waals surface area (Å²) in [6.07, 6.45) is 5.20. The van der Waals surface area contributed by atoms with Crippen LogP contribution < -0.4 is 0 Å². The molecule has 0 unspecified atom stereocenters. The molecular weight excluding hydrogens is 567 g/mol. The van der Waals surface area contributed by atoms with Crippen LogP contribution in [0.25, 0.3) is 5.57 Å². The Hall–Kier alpha value is -1.12. The van der Waals surface area contributed by atoms with E-state index in [1.54, 1.807) is 4.90 Å². The summed E-state index contributed by atoms with van der Waals surface area (Å²) in [5, 5.41) is 0.741. The molecule has 2 aliphatic rings. The highest BCUT2D eigenvalue weighted by Crippen LogP contribution is 2.42. The molecule has 4 rings (SSSR count). The number of rotatable bonds is 1. The number of likely N-dealkylation sites (tertiary alicyclic amines) is 1. The molecule has 1 amide bonds. The molecule has 0 saturated carbocycles. The van der Waals surface area contributed by atoms with E-state index in [1.807, 2.05) is 19.2 Å². The lowest BCUT2D eigenvalue weighted by molar-refractivity contribution is 0.104. The number of nitrogens with zero attached hydrogens (tertiary/aromatic N) is 2. The van der Waals surface area contributed by atoms with Gasteiger partial charge >= 0.3 is 6.09 Å². The molecule has 152 valence electrons. The number of fused-ring (bicyclic) bond motifs is 2. The van der Waals surface area contributed by atoms with Crippen molar-refractivity contribution in [3.8, 4) is 0 Å². The number of halogens is 3. The molecule has 0 N–H and O–H groups in total. The molecule has 1 aliphatic heterocycles. The van der Waals surface area contributed by atoms with E-state index in [0.29, 0.717) is 19.7 Å². The van der Waals surface area contributed by atoms with Crippen LogP contribution in [0, 0.1) is 3.57 Å². The van der Waals surface area contributed by atoms with Crippen LogP contribution in [0.5, 0.6) is 0 Å². The summed E-state index contributed by atoms with van der Waals surface area (Å²) in [6.45, 7) is 3.57. The lowest BCUT2D eigenvalue weighted by Crippen LogP contribution is -2.37. The molecule has 1 aliphatic carbocycles. The van der Waals surface area contributed by atoms with Gasteiger partial charge in [-0.1, -0.05) is 33.1 Å². The molecule has 1 saturated heterocycles. The summed E-state index contributed by atoms with van der Waals surface area (Å²) >= 11 is 12.5. The number of carbonyl (C=O) groups excluding carboxylic acids is 1. The second kappa shape index (κ2) is 8.94. The van der Waals surface area contributed by atoms with Gasteiger partial charge in [0.25, 0.3) is 0 Å². The third-order valence-corrected chi connectivity index (χ3v) is 6.90. The summed E-state index contributed by atoms with van der Waals surface area (Å²) in [5.74, 6) is 0. The van der Waals surface area contributed by atoms with Crippen molar-refractivity contribution in [2.75, 3.05) is 19.7 Å². The number of aromatic nitrogens is 1. The van der Waals surface area contributed by atoms with Crippen molar-refractivity contribution in [2.45, 2.75) is 32.6 Å². The van der Waals surface area contributed by atoms with Gasteiger partial charge in [0.15, 0.2) is 0 Å². The third-order valence-electron chi connectivity index (χ3n) is 5.47. The first kappa shape index (κ1) is 21.1. The van der Waals surface area contributed by atoms with Crippen LogP contribution in [0.4, 0.5) is 4.79 Å². The number of ether oxygens (including phenoxy) is 1. The van der Waals surface area contributed by atoms with Crippen LogP contribution >= 0.6 is 50.1 Å². The predicted molar refractivity (Wildman–Crippen MR) is 127 cm³/mol. The molecular formula is C22H21BrClIN2O2. The van der Waals surface area contributed by atoms with Crippen LogP contribution in [0.1, 0.15) is 42.1 Å². The number of amides is 1. The molecule has 0 spiro atoms. The molecule has 7 heteroatoms. The largest absolute Gasteiger partial charge is 0.450 e. The maximum absolute atomic E-state index is 12.1. The Morgan fingerprint density at radius 2 is 1.93 bits per heavy atom. The van der Waals surface area contributed by atoms with E-state index < -0.39 is 0 Å². The standard InChI is InChI=1S/C22H21BrClIN2O2/c1-2-29-22(28)27-7-5-13(6-8-27)20-19-14(9-16(24)11-18(19)23)3-4-15-10-17(25)12-26-21(15)20/h9-12H,2-8H2,1H3. The number of carbonyl (C=O) groups is 1. The minimum absolute atomic E-state index is 0.223. The van der Waals surface area contributed by atoms with E-state index >= 15 is 0 Å². The first-order valence-corrected chi connectivity index (χ1v) is 12.0. The first-order chi connectivity index (χ1) is 14.0. The highest BCUT2D eigenvalue weighted by molar-refractivity contribution is 14.1. The van der Waals surface area contributed by atoms with Crippen molar-refractivity contribution in [3.63, 3.8) is 0 Å². The second-order valence-corrected chi connectivity index (χ2v) is 9.78. The van der Waals surface area contributed by atoms with Crippen LogP contribution in [0.2, 0.25) is 5.02 Å². The zero-order chi connectivity index (χ0) is 20.5. The van der Waals surface area contributed by atoms with Gasteiger partial charge in [-0.3, -0.25) is 4.98 Å². The monoisotopic (exact) mass is 586 g/mol. The van der Waals surface area contributed by atoms with Crippen LogP contribution in [0.3, 0.4) is 0 Å². The zero-order valence-electron chi connectivity index (χ0n) is 16.1. The number of aryl methyl sites for hydroxylation is 2. The molecule has 2 aromatic rings. The quantitative estimate of drug-likeness (QED) is 0.371. The molecule has 4 nitrogen and oxygen atoms in total. The van der Waals surface area contributed by atoms with Crippen LogP contribution in [-0.2, 0) is 17.6 Å². The zero-order valence-corrected chi connectivity index (χ0v) is 20.6. The Kier molecular flexibility index (Phi) is 6.51. The second-order valence-electron chi connectivity index (χ2n) is 7.25. The van der Waals surface area contributed by atoms with Gasteiger partial charge in [-0.25, -0.2) is 4.79 Å². The van der Waals surface area contributed by atoms with Gasteiger partial charge in [-0.15, -0.1) is 0 Å². The average molecular weight is 588 g/mol. The predicted octanol–water partition coefficient (Wildman–Crippen LogP) is 6.25. The Labute approximate surface area is 197 Å². The first-order valence-electron chi connectivity index (χ1n) is 9.74. The van der Waals surface area contributed by atoms with Gasteiger partial charge in [0.05, 0.1) is 12.3 Å². The van der Waals surface area contributed by atoms with Crippen molar-refractivity contribution >= 4 is 61.8 Å². The molecule has 2 heterocycles. The van der Waals surface area contributed by atoms with Gasteiger partial charge in [0.2, 0.25) is 0 Å². The number of pyridine rings is 1. The molecule has 1 fully saturated rings. The average Bonchev–Trinajstić information content (AvgIpc) is 2.85. The topological polar surface area (TPSA) is 42.4 Å². The van der Waals surface area contributed by atoms with Gasteiger partial charge in [0, 0.05) is 43.5 Å². The SMILES string of the molecule is CCOC(=O)N1CCC(=C2c3ncc(I)cc3CCc3cc(Cl)cc(Br)c32)CC1. The molecule has 0 radical (unpaired) electrons. The Morgan fingerprint density at radius 3 is 2.66 bits per heavy atom. The number of hydrogen-bond donors (Lipinski definition) is 0. The van der Waals surface area contributed by atoms with E-state index in [4.69, 9.17) is 21.3 Å². The highest BCUT2D eigenvalue weighted by atomic mass is 127. The summed E-state index contributed by atoms with van der Waals surface area (Å²) < 4.78 is 7.32. The van der Waals surface area contributed by atoms with Crippen molar-refractivity contribution in [2.24, 2.45) is 0 Å². The lowest BCUT2D eigenvalue weighted by Gasteiger charge is -2.29. The molecule has 1 aromatic heterocycles. The minimum atomic E-state index is -0.223. The van der Waals surface area contributed by atoms with Crippen molar-refractivity contribution in [1.82, 2.24) is 9.88 Å². The van der Waals surface area contributed by atoms with E-state index in [-0.39, 0.29) is 6.09 Å². The van der Waals surface area contributed by atoms with Crippen molar-refractivity contribution < 1.29 is 9.53 Å². The highest BCUT2D eigenvalue weighted by Gasteiger charge is 2.28.